The summed E-state index contributed by atoms with van der Waals surface area (Å²) >= 11 is 5.79. The molecule has 132 valence electrons. The van der Waals surface area contributed by atoms with Gasteiger partial charge in [0.15, 0.2) is 0 Å². The number of nitrogens with zero attached hydrogens (tertiary/aromatic N) is 3. The Morgan fingerprint density at radius 1 is 1.16 bits per heavy atom. The third-order valence-corrected chi connectivity index (χ3v) is 4.43. The average Bonchev–Trinajstić information content (AvgIpc) is 2.86. The van der Waals surface area contributed by atoms with Gasteiger partial charge >= 0.3 is 0 Å². The van der Waals surface area contributed by atoms with Crippen LogP contribution in [0.1, 0.15) is 41.9 Å². The number of hydrogen-bond donors (Lipinski definition) is 1. The Morgan fingerprint density at radius 2 is 1.88 bits per heavy atom. The Balaban J connectivity index is 1.82. The average molecular weight is 363 g/mol. The van der Waals surface area contributed by atoms with Crippen LogP contribution in [0.4, 0.5) is 16.0 Å². The van der Waals surface area contributed by atoms with Crippen molar-refractivity contribution in [1.82, 2.24) is 14.9 Å². The predicted molar refractivity (Wildman–Crippen MR) is 95.8 cm³/mol. The Labute approximate surface area is 151 Å². The molecule has 5 nitrogen and oxygen atoms in total. The molecule has 2 heterocycles. The Hall–Kier alpha value is -2.21. The summed E-state index contributed by atoms with van der Waals surface area (Å²) in [5, 5.41) is 2.99. The van der Waals surface area contributed by atoms with E-state index in [0.29, 0.717) is 23.0 Å². The zero-order chi connectivity index (χ0) is 17.8. The maximum Gasteiger partial charge on any atom is 0.272 e. The van der Waals surface area contributed by atoms with Gasteiger partial charge in [-0.05, 0) is 44.0 Å². The topological polar surface area (TPSA) is 58.1 Å². The minimum atomic E-state index is -0.491. The maximum absolute atomic E-state index is 13.3. The first kappa shape index (κ1) is 17.6. The van der Waals surface area contributed by atoms with Crippen LogP contribution in [-0.4, -0.2) is 33.9 Å². The van der Waals surface area contributed by atoms with Gasteiger partial charge < -0.3 is 10.2 Å². The van der Waals surface area contributed by atoms with Crippen molar-refractivity contribution in [2.45, 2.75) is 32.6 Å². The van der Waals surface area contributed by atoms with Crippen LogP contribution in [0.15, 0.2) is 24.3 Å². The summed E-state index contributed by atoms with van der Waals surface area (Å²) in [5.74, 6) is -0.275. The first-order valence-electron chi connectivity index (χ1n) is 8.40. The second-order valence-electron chi connectivity index (χ2n) is 6.18. The molecule has 1 saturated heterocycles. The number of aromatic nitrogens is 2. The number of likely N-dealkylation sites (tertiary alicyclic amines) is 1. The molecule has 1 aromatic carbocycles. The van der Waals surface area contributed by atoms with Gasteiger partial charge in [-0.2, -0.15) is 0 Å². The summed E-state index contributed by atoms with van der Waals surface area (Å²) in [6, 6.07) is 5.96. The molecule has 1 aliphatic heterocycles. The smallest absolute Gasteiger partial charge is 0.272 e. The van der Waals surface area contributed by atoms with Gasteiger partial charge in [0.25, 0.3) is 5.91 Å². The fourth-order valence-corrected chi connectivity index (χ4v) is 3.05. The van der Waals surface area contributed by atoms with Crippen LogP contribution in [0.25, 0.3) is 0 Å². The molecule has 2 aromatic rings. The molecular weight excluding hydrogens is 343 g/mol. The molecule has 0 atom stereocenters. The highest BCUT2D eigenvalue weighted by Gasteiger charge is 2.19. The molecule has 25 heavy (non-hydrogen) atoms. The highest BCUT2D eigenvalue weighted by Crippen LogP contribution is 2.22. The summed E-state index contributed by atoms with van der Waals surface area (Å²) in [4.78, 5) is 23.2. The molecule has 1 aromatic heterocycles. The molecule has 1 fully saturated rings. The Kier molecular flexibility index (Phi) is 5.48. The first-order chi connectivity index (χ1) is 12.0. The van der Waals surface area contributed by atoms with E-state index in [1.165, 1.54) is 12.1 Å². The number of anilines is 2. The molecule has 7 heteroatoms. The molecule has 1 amide bonds. The molecule has 1 N–H and O–H groups in total. The van der Waals surface area contributed by atoms with Crippen LogP contribution >= 0.6 is 11.6 Å². The molecule has 0 radical (unpaired) electrons. The molecule has 0 spiro atoms. The van der Waals surface area contributed by atoms with Crippen molar-refractivity contribution in [1.29, 1.82) is 0 Å². The lowest BCUT2D eigenvalue weighted by atomic mass is 10.2. The van der Waals surface area contributed by atoms with E-state index >= 15 is 0 Å². The van der Waals surface area contributed by atoms with Gasteiger partial charge in [0.2, 0.25) is 5.95 Å². The van der Waals surface area contributed by atoms with Crippen molar-refractivity contribution in [2.24, 2.45) is 0 Å². The fraction of sp³-hybridized carbons (Fsp3) is 0.389. The lowest BCUT2D eigenvalue weighted by Gasteiger charge is -2.20. The van der Waals surface area contributed by atoms with E-state index in [2.05, 4.69) is 15.3 Å². The van der Waals surface area contributed by atoms with Gasteiger partial charge in [-0.3, -0.25) is 4.79 Å². The number of amides is 1. The molecule has 0 bridgehead atoms. The molecule has 0 saturated carbocycles. The highest BCUT2D eigenvalue weighted by atomic mass is 35.5. The zero-order valence-corrected chi connectivity index (χ0v) is 14.8. The Morgan fingerprint density at radius 3 is 2.56 bits per heavy atom. The fourth-order valence-electron chi connectivity index (χ4n) is 2.87. The van der Waals surface area contributed by atoms with Gasteiger partial charge in [0, 0.05) is 24.5 Å². The number of carbonyl (C=O) groups excluding carboxylic acids is 1. The van der Waals surface area contributed by atoms with Crippen molar-refractivity contribution >= 4 is 29.1 Å². The number of rotatable bonds is 3. The van der Waals surface area contributed by atoms with Crippen molar-refractivity contribution in [2.75, 3.05) is 18.4 Å². The molecule has 1 aliphatic rings. The van der Waals surface area contributed by atoms with Crippen LogP contribution in [0.3, 0.4) is 0 Å². The van der Waals surface area contributed by atoms with Crippen LogP contribution in [0.2, 0.25) is 5.02 Å². The summed E-state index contributed by atoms with van der Waals surface area (Å²) in [6.45, 7) is 3.33. The number of hydrogen-bond acceptors (Lipinski definition) is 4. The number of halogens is 2. The molecular formula is C18H20ClFN4O. The lowest BCUT2D eigenvalue weighted by Crippen LogP contribution is -2.32. The molecule has 3 rings (SSSR count). The summed E-state index contributed by atoms with van der Waals surface area (Å²) in [7, 11) is 0. The first-order valence-corrected chi connectivity index (χ1v) is 8.78. The third-order valence-electron chi connectivity index (χ3n) is 4.14. The number of benzene rings is 1. The number of nitrogens with one attached hydrogen (secondary N) is 1. The number of aryl methyl sites for hydroxylation is 1. The normalized spacial score (nSPS) is 14.9. The monoisotopic (exact) mass is 362 g/mol. The van der Waals surface area contributed by atoms with Gasteiger partial charge in [0.1, 0.15) is 11.5 Å². The van der Waals surface area contributed by atoms with Crippen LogP contribution in [0.5, 0.6) is 0 Å². The van der Waals surface area contributed by atoms with Crippen LogP contribution < -0.4 is 5.32 Å². The van der Waals surface area contributed by atoms with E-state index < -0.39 is 5.82 Å². The van der Waals surface area contributed by atoms with Crippen molar-refractivity contribution in [3.8, 4) is 0 Å². The predicted octanol–water partition coefficient (Wildman–Crippen LogP) is 4.34. The SMILES string of the molecule is Cc1cc(C(=O)N2CCCCCC2)nc(Nc2ccc(F)c(Cl)c2)n1. The maximum atomic E-state index is 13.3. The van der Waals surface area contributed by atoms with Crippen molar-refractivity contribution in [3.05, 3.63) is 46.5 Å². The third kappa shape index (κ3) is 4.45. The Bertz CT molecular complexity index is 776. The second kappa shape index (κ2) is 7.78. The van der Waals surface area contributed by atoms with Gasteiger partial charge in [-0.25, -0.2) is 14.4 Å². The van der Waals surface area contributed by atoms with E-state index in [0.717, 1.165) is 38.8 Å². The largest absolute Gasteiger partial charge is 0.337 e. The summed E-state index contributed by atoms with van der Waals surface area (Å²) < 4.78 is 13.3. The van der Waals surface area contributed by atoms with E-state index in [-0.39, 0.29) is 10.9 Å². The van der Waals surface area contributed by atoms with Crippen LogP contribution in [-0.2, 0) is 0 Å². The quantitative estimate of drug-likeness (QED) is 0.882. The zero-order valence-electron chi connectivity index (χ0n) is 14.1. The summed E-state index contributed by atoms with van der Waals surface area (Å²) in [6.07, 6.45) is 4.36. The van der Waals surface area contributed by atoms with E-state index in [4.69, 9.17) is 11.6 Å². The van der Waals surface area contributed by atoms with E-state index in [1.54, 1.807) is 12.1 Å². The van der Waals surface area contributed by atoms with E-state index in [1.807, 2.05) is 11.8 Å². The highest BCUT2D eigenvalue weighted by molar-refractivity contribution is 6.31. The van der Waals surface area contributed by atoms with Gasteiger partial charge in [-0.1, -0.05) is 24.4 Å². The minimum absolute atomic E-state index is 0.0125. The molecule has 0 unspecified atom stereocenters. The van der Waals surface area contributed by atoms with Gasteiger partial charge in [0.05, 0.1) is 5.02 Å². The minimum Gasteiger partial charge on any atom is -0.337 e. The van der Waals surface area contributed by atoms with Crippen molar-refractivity contribution in [3.63, 3.8) is 0 Å². The second-order valence-corrected chi connectivity index (χ2v) is 6.59. The standard InChI is InChI=1S/C18H20ClFN4O/c1-12-10-16(17(25)24-8-4-2-3-5-9-24)23-18(21-12)22-13-6-7-15(20)14(19)11-13/h6-7,10-11H,2-5,8-9H2,1H3,(H,21,22,23). The van der Waals surface area contributed by atoms with Gasteiger partial charge in [-0.15, -0.1) is 0 Å². The van der Waals surface area contributed by atoms with Crippen LogP contribution in [0, 0.1) is 12.7 Å². The van der Waals surface area contributed by atoms with Crippen molar-refractivity contribution < 1.29 is 9.18 Å². The summed E-state index contributed by atoms with van der Waals surface area (Å²) in [5.41, 5.74) is 1.61. The lowest BCUT2D eigenvalue weighted by molar-refractivity contribution is 0.0755. The molecule has 0 aliphatic carbocycles. The van der Waals surface area contributed by atoms with E-state index in [9.17, 15) is 9.18 Å². The number of carbonyl (C=O) groups is 1.